The second-order valence-electron chi connectivity index (χ2n) is 7.38. The molecule has 0 radical (unpaired) electrons. The van der Waals surface area contributed by atoms with E-state index in [-0.39, 0.29) is 18.5 Å². The topological polar surface area (TPSA) is 102 Å². The Balaban J connectivity index is 1.79. The van der Waals surface area contributed by atoms with Gasteiger partial charge in [0.15, 0.2) is 0 Å². The first-order valence-corrected chi connectivity index (χ1v) is 9.50. The van der Waals surface area contributed by atoms with Crippen molar-refractivity contribution in [3.63, 3.8) is 0 Å². The van der Waals surface area contributed by atoms with Gasteiger partial charge < -0.3 is 19.5 Å². The monoisotopic (exact) mass is 435 g/mol. The van der Waals surface area contributed by atoms with Gasteiger partial charge in [0.25, 0.3) is 5.56 Å². The number of ether oxygens (including phenoxy) is 1. The van der Waals surface area contributed by atoms with E-state index in [4.69, 9.17) is 4.74 Å². The number of piperazine rings is 1. The number of H-pyrrole nitrogens is 1. The molecule has 1 amide bonds. The number of alkyl halides is 3. The molecule has 0 spiro atoms. The van der Waals surface area contributed by atoms with E-state index in [2.05, 4.69) is 11.1 Å². The molecule has 0 aromatic carbocycles. The Morgan fingerprint density at radius 3 is 2.77 bits per heavy atom. The molecule has 1 aliphatic heterocycles. The number of aromatic amines is 1. The minimum atomic E-state index is -4.87. The summed E-state index contributed by atoms with van der Waals surface area (Å²) in [5.41, 5.74) is -2.35. The Labute approximate surface area is 175 Å². The molecule has 1 fully saturated rings. The van der Waals surface area contributed by atoms with Gasteiger partial charge in [-0.15, -0.1) is 0 Å². The molecule has 0 aliphatic carbocycles. The molecule has 3 rings (SSSR count). The number of carbonyl (C=O) groups is 1. The van der Waals surface area contributed by atoms with E-state index < -0.39 is 29.1 Å². The number of amides is 1. The second kappa shape index (κ2) is 8.67. The van der Waals surface area contributed by atoms with Crippen LogP contribution in [-0.2, 0) is 6.18 Å². The Bertz CT molecular complexity index is 1060. The highest BCUT2D eigenvalue weighted by Crippen LogP contribution is 2.29. The molecule has 0 bridgehead atoms. The maximum absolute atomic E-state index is 12.9. The van der Waals surface area contributed by atoms with Crippen molar-refractivity contribution in [2.24, 2.45) is 5.92 Å². The molecule has 1 atom stereocenters. The third-order valence-corrected chi connectivity index (χ3v) is 5.02. The van der Waals surface area contributed by atoms with Gasteiger partial charge in [0.05, 0.1) is 11.6 Å². The predicted molar refractivity (Wildman–Crippen MR) is 105 cm³/mol. The molecular weight excluding hydrogens is 415 g/mol. The third kappa shape index (κ3) is 4.79. The summed E-state index contributed by atoms with van der Waals surface area (Å²) in [6.07, 6.45) is -3.19. The number of pyridine rings is 2. The minimum Gasteiger partial charge on any atom is -0.409 e. The van der Waals surface area contributed by atoms with E-state index in [1.54, 1.807) is 18.3 Å². The van der Waals surface area contributed by atoms with Crippen LogP contribution in [-0.4, -0.2) is 46.6 Å². The van der Waals surface area contributed by atoms with Crippen LogP contribution >= 0.6 is 0 Å². The number of hydrogen-bond acceptors (Lipinski definition) is 6. The van der Waals surface area contributed by atoms with E-state index in [9.17, 15) is 28.0 Å². The molecule has 2 aromatic rings. The van der Waals surface area contributed by atoms with Gasteiger partial charge in [0.2, 0.25) is 0 Å². The van der Waals surface area contributed by atoms with E-state index in [1.807, 2.05) is 23.7 Å². The van der Waals surface area contributed by atoms with E-state index >= 15 is 0 Å². The number of halogens is 3. The summed E-state index contributed by atoms with van der Waals surface area (Å²) in [4.78, 5) is 33.7. The van der Waals surface area contributed by atoms with Crippen LogP contribution in [0.4, 0.5) is 23.8 Å². The lowest BCUT2D eigenvalue weighted by molar-refractivity contribution is -0.138. The lowest BCUT2D eigenvalue weighted by atomic mass is 9.99. The number of rotatable bonds is 3. The Kier molecular flexibility index (Phi) is 6.19. The number of nitrogens with one attached hydrogen (secondary N) is 1. The quantitative estimate of drug-likeness (QED) is 0.795. The number of hydrogen-bond donors (Lipinski definition) is 1. The third-order valence-electron chi connectivity index (χ3n) is 5.02. The molecule has 8 nitrogen and oxygen atoms in total. The van der Waals surface area contributed by atoms with Gasteiger partial charge in [0, 0.05) is 38.1 Å². The van der Waals surface area contributed by atoms with Crippen LogP contribution in [0.5, 0.6) is 5.75 Å². The van der Waals surface area contributed by atoms with Crippen LogP contribution in [0, 0.1) is 17.2 Å². The fourth-order valence-electron chi connectivity index (χ4n) is 3.43. The van der Waals surface area contributed by atoms with E-state index in [1.165, 1.54) is 4.90 Å². The summed E-state index contributed by atoms with van der Waals surface area (Å²) >= 11 is 0. The molecule has 3 heterocycles. The maximum Gasteiger partial charge on any atom is 0.421 e. The van der Waals surface area contributed by atoms with Gasteiger partial charge in [0.1, 0.15) is 23.2 Å². The van der Waals surface area contributed by atoms with Crippen molar-refractivity contribution in [3.8, 4) is 11.8 Å². The predicted octanol–water partition coefficient (Wildman–Crippen LogP) is 3.01. The van der Waals surface area contributed by atoms with Crippen molar-refractivity contribution in [2.75, 3.05) is 24.5 Å². The first-order chi connectivity index (χ1) is 14.6. The number of aromatic nitrogens is 2. The summed E-state index contributed by atoms with van der Waals surface area (Å²) in [6.45, 7) is 4.76. The van der Waals surface area contributed by atoms with Crippen molar-refractivity contribution in [1.29, 1.82) is 5.26 Å². The molecule has 31 heavy (non-hydrogen) atoms. The highest BCUT2D eigenvalue weighted by molar-refractivity contribution is 5.71. The fraction of sp³-hybridized carbons (Fsp3) is 0.400. The zero-order valence-corrected chi connectivity index (χ0v) is 16.8. The normalized spacial score (nSPS) is 16.9. The van der Waals surface area contributed by atoms with Gasteiger partial charge >= 0.3 is 12.3 Å². The van der Waals surface area contributed by atoms with Crippen LogP contribution in [0.15, 0.2) is 35.4 Å². The molecule has 1 N–H and O–H groups in total. The van der Waals surface area contributed by atoms with Crippen molar-refractivity contribution in [3.05, 3.63) is 52.1 Å². The summed E-state index contributed by atoms with van der Waals surface area (Å²) in [6, 6.07) is 5.58. The number of nitrogens with zero attached hydrogens (tertiary/aromatic N) is 4. The molecule has 11 heteroatoms. The zero-order chi connectivity index (χ0) is 22.8. The van der Waals surface area contributed by atoms with Gasteiger partial charge in [-0.2, -0.15) is 18.4 Å². The lowest BCUT2D eigenvalue weighted by Crippen LogP contribution is -2.58. The molecular formula is C20H20F3N5O3. The van der Waals surface area contributed by atoms with Crippen LogP contribution in [0.3, 0.4) is 0 Å². The summed E-state index contributed by atoms with van der Waals surface area (Å²) in [7, 11) is 0. The van der Waals surface area contributed by atoms with Crippen molar-refractivity contribution in [1.82, 2.24) is 14.9 Å². The van der Waals surface area contributed by atoms with E-state index in [0.717, 1.165) is 6.20 Å². The highest BCUT2D eigenvalue weighted by atomic mass is 19.4. The minimum absolute atomic E-state index is 0.00841. The van der Waals surface area contributed by atoms with Gasteiger partial charge in [-0.3, -0.25) is 4.79 Å². The number of nitriles is 1. The van der Waals surface area contributed by atoms with Crippen LogP contribution in [0.1, 0.15) is 25.0 Å². The smallest absolute Gasteiger partial charge is 0.409 e. The molecule has 164 valence electrons. The van der Waals surface area contributed by atoms with Gasteiger partial charge in [-0.25, -0.2) is 9.78 Å². The Hall–Kier alpha value is -3.55. The number of carbonyl (C=O) groups excluding carboxylic acids is 1. The van der Waals surface area contributed by atoms with Crippen molar-refractivity contribution in [2.45, 2.75) is 26.1 Å². The first-order valence-electron chi connectivity index (χ1n) is 9.50. The van der Waals surface area contributed by atoms with Gasteiger partial charge in [-0.05, 0) is 18.1 Å². The van der Waals surface area contributed by atoms with Crippen LogP contribution in [0.25, 0.3) is 0 Å². The van der Waals surface area contributed by atoms with Crippen LogP contribution < -0.4 is 15.2 Å². The second-order valence-corrected chi connectivity index (χ2v) is 7.38. The Morgan fingerprint density at radius 1 is 1.39 bits per heavy atom. The molecule has 1 unspecified atom stereocenters. The zero-order valence-electron chi connectivity index (χ0n) is 16.8. The molecule has 2 aromatic heterocycles. The van der Waals surface area contributed by atoms with E-state index in [0.29, 0.717) is 30.5 Å². The fourth-order valence-corrected chi connectivity index (χ4v) is 3.43. The standard InChI is InChI=1S/C20H20F3N5O3/c1-12(2)16-11-27(17-13(9-24)4-3-5-25-17)6-7-28(16)19(30)31-14-8-15(20(21,22)23)18(29)26-10-14/h3-5,8,10,12,16H,6-7,11H2,1-2H3,(H,26,29). The van der Waals surface area contributed by atoms with Gasteiger partial charge in [-0.1, -0.05) is 13.8 Å². The lowest BCUT2D eigenvalue weighted by Gasteiger charge is -2.43. The SMILES string of the molecule is CC(C)C1CN(c2ncccc2C#N)CCN1C(=O)Oc1c[nH]c(=O)c(C(F)(F)F)c1. The molecule has 1 saturated heterocycles. The summed E-state index contributed by atoms with van der Waals surface area (Å²) in [5, 5.41) is 9.32. The van der Waals surface area contributed by atoms with Crippen molar-refractivity contribution < 1.29 is 22.7 Å². The average Bonchev–Trinajstić information content (AvgIpc) is 2.73. The highest BCUT2D eigenvalue weighted by Gasteiger charge is 2.37. The molecule has 1 aliphatic rings. The molecule has 0 saturated carbocycles. The maximum atomic E-state index is 12.9. The Morgan fingerprint density at radius 2 is 2.13 bits per heavy atom. The summed E-state index contributed by atoms with van der Waals surface area (Å²) in [5.74, 6) is 0.100. The average molecular weight is 435 g/mol. The number of anilines is 1. The first kappa shape index (κ1) is 22.1. The summed E-state index contributed by atoms with van der Waals surface area (Å²) < 4.78 is 44.0. The van der Waals surface area contributed by atoms with Crippen molar-refractivity contribution >= 4 is 11.9 Å². The van der Waals surface area contributed by atoms with Crippen LogP contribution in [0.2, 0.25) is 0 Å². The largest absolute Gasteiger partial charge is 0.421 e.